The van der Waals surface area contributed by atoms with Crippen molar-refractivity contribution in [1.82, 2.24) is 9.55 Å². The molecule has 0 radical (unpaired) electrons. The van der Waals surface area contributed by atoms with Crippen molar-refractivity contribution < 1.29 is 9.53 Å². The average molecular weight is 363 g/mol. The predicted octanol–water partition coefficient (Wildman–Crippen LogP) is 2.18. The SMILES string of the molecule is COC(=O)Cc1cc(Cc2ccc(Cn3ccccc3=O)cc2)cnc1N. The van der Waals surface area contributed by atoms with Gasteiger partial charge in [0.1, 0.15) is 5.82 Å². The Morgan fingerprint density at radius 3 is 2.56 bits per heavy atom. The largest absolute Gasteiger partial charge is 0.469 e. The van der Waals surface area contributed by atoms with Crippen molar-refractivity contribution in [3.05, 3.63) is 93.5 Å². The number of nitrogen functional groups attached to an aromatic ring is 1. The van der Waals surface area contributed by atoms with E-state index in [-0.39, 0.29) is 17.9 Å². The van der Waals surface area contributed by atoms with Gasteiger partial charge in [-0.1, -0.05) is 30.3 Å². The number of rotatable bonds is 6. The van der Waals surface area contributed by atoms with Crippen molar-refractivity contribution in [2.24, 2.45) is 0 Å². The fraction of sp³-hybridized carbons (Fsp3) is 0.190. The summed E-state index contributed by atoms with van der Waals surface area (Å²) in [5, 5.41) is 0. The molecule has 0 aliphatic carbocycles. The summed E-state index contributed by atoms with van der Waals surface area (Å²) in [7, 11) is 1.35. The lowest BCUT2D eigenvalue weighted by Gasteiger charge is -2.09. The van der Waals surface area contributed by atoms with Crippen LogP contribution < -0.4 is 11.3 Å². The first-order valence-corrected chi connectivity index (χ1v) is 8.58. The van der Waals surface area contributed by atoms with Crippen molar-refractivity contribution in [1.29, 1.82) is 0 Å². The van der Waals surface area contributed by atoms with Crippen LogP contribution in [0.4, 0.5) is 5.82 Å². The average Bonchev–Trinajstić information content (AvgIpc) is 2.67. The van der Waals surface area contributed by atoms with Crippen LogP contribution in [-0.4, -0.2) is 22.6 Å². The van der Waals surface area contributed by atoms with Crippen LogP contribution in [0.1, 0.15) is 22.3 Å². The van der Waals surface area contributed by atoms with E-state index in [1.54, 1.807) is 29.1 Å². The van der Waals surface area contributed by atoms with E-state index in [9.17, 15) is 9.59 Å². The van der Waals surface area contributed by atoms with Gasteiger partial charge >= 0.3 is 5.97 Å². The molecule has 27 heavy (non-hydrogen) atoms. The van der Waals surface area contributed by atoms with Gasteiger partial charge in [-0.3, -0.25) is 9.59 Å². The molecule has 138 valence electrons. The molecule has 0 fully saturated rings. The zero-order valence-corrected chi connectivity index (χ0v) is 15.1. The number of nitrogens with two attached hydrogens (primary N) is 1. The standard InChI is InChI=1S/C21H21N3O3/c1-27-20(26)12-18-11-17(13-23-21(18)22)10-15-5-7-16(8-6-15)14-24-9-3-2-4-19(24)25/h2-9,11,13H,10,12,14H2,1H3,(H2,22,23). The van der Waals surface area contributed by atoms with Crippen LogP contribution in [0.5, 0.6) is 0 Å². The molecule has 0 aliphatic rings. The molecule has 3 aromatic rings. The van der Waals surface area contributed by atoms with Gasteiger partial charge in [0, 0.05) is 24.0 Å². The summed E-state index contributed by atoms with van der Waals surface area (Å²) in [4.78, 5) is 27.5. The fourth-order valence-corrected chi connectivity index (χ4v) is 2.82. The van der Waals surface area contributed by atoms with Gasteiger partial charge in [0.15, 0.2) is 0 Å². The second-order valence-electron chi connectivity index (χ2n) is 6.30. The molecule has 1 aromatic carbocycles. The molecule has 0 amide bonds. The number of carbonyl (C=O) groups is 1. The number of anilines is 1. The minimum Gasteiger partial charge on any atom is -0.469 e. The number of benzene rings is 1. The van der Waals surface area contributed by atoms with Crippen molar-refractivity contribution in [3.8, 4) is 0 Å². The van der Waals surface area contributed by atoms with Gasteiger partial charge in [-0.15, -0.1) is 0 Å². The van der Waals surface area contributed by atoms with Gasteiger partial charge in [0.05, 0.1) is 20.1 Å². The van der Waals surface area contributed by atoms with E-state index < -0.39 is 0 Å². The first-order chi connectivity index (χ1) is 13.0. The number of methoxy groups -OCH3 is 1. The molecule has 6 heteroatoms. The lowest BCUT2D eigenvalue weighted by molar-refractivity contribution is -0.139. The van der Waals surface area contributed by atoms with E-state index in [0.717, 1.165) is 16.7 Å². The lowest BCUT2D eigenvalue weighted by atomic mass is 10.0. The summed E-state index contributed by atoms with van der Waals surface area (Å²) in [5.74, 6) is -0.00559. The van der Waals surface area contributed by atoms with Crippen LogP contribution in [-0.2, 0) is 28.9 Å². The Bertz CT molecular complexity index is 994. The van der Waals surface area contributed by atoms with E-state index in [1.165, 1.54) is 7.11 Å². The monoisotopic (exact) mass is 363 g/mol. The van der Waals surface area contributed by atoms with Crippen LogP contribution in [0.2, 0.25) is 0 Å². The van der Waals surface area contributed by atoms with Crippen molar-refractivity contribution >= 4 is 11.8 Å². The molecular formula is C21H21N3O3. The van der Waals surface area contributed by atoms with Crippen LogP contribution in [0.25, 0.3) is 0 Å². The molecule has 0 atom stereocenters. The van der Waals surface area contributed by atoms with E-state index >= 15 is 0 Å². The maximum Gasteiger partial charge on any atom is 0.310 e. The Hall–Kier alpha value is -3.41. The Kier molecular flexibility index (Phi) is 5.66. The molecule has 3 rings (SSSR count). The second-order valence-corrected chi connectivity index (χ2v) is 6.30. The number of pyridine rings is 2. The van der Waals surface area contributed by atoms with Crippen LogP contribution >= 0.6 is 0 Å². The smallest absolute Gasteiger partial charge is 0.310 e. The molecule has 0 saturated carbocycles. The minimum absolute atomic E-state index is 0.0207. The normalized spacial score (nSPS) is 10.6. The lowest BCUT2D eigenvalue weighted by Crippen LogP contribution is -2.18. The molecule has 2 aromatic heterocycles. The van der Waals surface area contributed by atoms with E-state index in [1.807, 2.05) is 36.4 Å². The number of nitrogens with zero attached hydrogens (tertiary/aromatic N) is 2. The highest BCUT2D eigenvalue weighted by molar-refractivity contribution is 5.74. The summed E-state index contributed by atoms with van der Waals surface area (Å²) in [6.07, 6.45) is 4.27. The molecule has 2 N–H and O–H groups in total. The molecule has 2 heterocycles. The zero-order chi connectivity index (χ0) is 19.2. The molecule has 0 spiro atoms. The summed E-state index contributed by atoms with van der Waals surface area (Å²) >= 11 is 0. The molecular weight excluding hydrogens is 342 g/mol. The topological polar surface area (TPSA) is 87.2 Å². The molecule has 0 bridgehead atoms. The zero-order valence-electron chi connectivity index (χ0n) is 15.1. The fourth-order valence-electron chi connectivity index (χ4n) is 2.82. The van der Waals surface area contributed by atoms with Crippen LogP contribution in [0, 0.1) is 0 Å². The minimum atomic E-state index is -0.346. The third-order valence-electron chi connectivity index (χ3n) is 4.30. The van der Waals surface area contributed by atoms with Crippen LogP contribution in [0.3, 0.4) is 0 Å². The molecule has 6 nitrogen and oxygen atoms in total. The summed E-state index contributed by atoms with van der Waals surface area (Å²) in [6.45, 7) is 0.534. The van der Waals surface area contributed by atoms with E-state index in [0.29, 0.717) is 24.3 Å². The highest BCUT2D eigenvalue weighted by atomic mass is 16.5. The van der Waals surface area contributed by atoms with Crippen molar-refractivity contribution in [3.63, 3.8) is 0 Å². The van der Waals surface area contributed by atoms with Crippen LogP contribution in [0.15, 0.2) is 65.7 Å². The van der Waals surface area contributed by atoms with Crippen molar-refractivity contribution in [2.45, 2.75) is 19.4 Å². The van der Waals surface area contributed by atoms with E-state index in [4.69, 9.17) is 10.5 Å². The van der Waals surface area contributed by atoms with Gasteiger partial charge in [-0.25, -0.2) is 4.98 Å². The summed E-state index contributed by atoms with van der Waals surface area (Å²) in [5.41, 5.74) is 9.61. The number of ether oxygens (including phenoxy) is 1. The van der Waals surface area contributed by atoms with Crippen molar-refractivity contribution in [2.75, 3.05) is 12.8 Å². The maximum absolute atomic E-state index is 11.8. The number of hydrogen-bond donors (Lipinski definition) is 1. The Labute approximate surface area is 157 Å². The maximum atomic E-state index is 11.8. The Balaban J connectivity index is 1.71. The first kappa shape index (κ1) is 18.4. The molecule has 0 aliphatic heterocycles. The van der Waals surface area contributed by atoms with Gasteiger partial charge in [-0.2, -0.15) is 0 Å². The third-order valence-corrected chi connectivity index (χ3v) is 4.30. The molecule has 0 unspecified atom stereocenters. The molecule has 0 saturated heterocycles. The second kappa shape index (κ2) is 8.31. The number of esters is 1. The highest BCUT2D eigenvalue weighted by Gasteiger charge is 2.09. The predicted molar refractivity (Wildman–Crippen MR) is 103 cm³/mol. The van der Waals surface area contributed by atoms with Gasteiger partial charge in [0.25, 0.3) is 5.56 Å². The van der Waals surface area contributed by atoms with Gasteiger partial charge < -0.3 is 15.0 Å². The Morgan fingerprint density at radius 1 is 1.11 bits per heavy atom. The number of aromatic nitrogens is 2. The Morgan fingerprint density at radius 2 is 1.85 bits per heavy atom. The van der Waals surface area contributed by atoms with Gasteiger partial charge in [-0.05, 0) is 35.2 Å². The quantitative estimate of drug-likeness (QED) is 0.678. The number of carbonyl (C=O) groups excluding carboxylic acids is 1. The highest BCUT2D eigenvalue weighted by Crippen LogP contribution is 2.16. The first-order valence-electron chi connectivity index (χ1n) is 8.58. The third kappa shape index (κ3) is 4.82. The van der Waals surface area contributed by atoms with E-state index in [2.05, 4.69) is 4.98 Å². The van der Waals surface area contributed by atoms with Gasteiger partial charge in [0.2, 0.25) is 0 Å². The summed E-state index contributed by atoms with van der Waals surface area (Å²) in [6, 6.07) is 15.1. The number of hydrogen-bond acceptors (Lipinski definition) is 5. The summed E-state index contributed by atoms with van der Waals surface area (Å²) < 4.78 is 6.36.